The van der Waals surface area contributed by atoms with Crippen molar-refractivity contribution in [1.82, 2.24) is 14.7 Å². The van der Waals surface area contributed by atoms with Gasteiger partial charge in [-0.15, -0.1) is 0 Å². The minimum atomic E-state index is -0.517. The maximum atomic E-state index is 12.2. The number of ether oxygens (including phenoxy) is 1. The van der Waals surface area contributed by atoms with E-state index in [1.807, 2.05) is 20.8 Å². The van der Waals surface area contributed by atoms with Crippen molar-refractivity contribution >= 4 is 17.6 Å². The molecular formula is C15H25N5O4. The Labute approximate surface area is 141 Å². The number of aryl methyl sites for hydroxylation is 1. The van der Waals surface area contributed by atoms with Crippen molar-refractivity contribution in [2.24, 2.45) is 7.05 Å². The van der Waals surface area contributed by atoms with Gasteiger partial charge in [-0.3, -0.25) is 10.1 Å². The summed E-state index contributed by atoms with van der Waals surface area (Å²) in [6.07, 6.45) is 3.26. The molecule has 24 heavy (non-hydrogen) atoms. The second-order valence-corrected chi connectivity index (χ2v) is 7.00. The molecule has 0 saturated carbocycles. The van der Waals surface area contributed by atoms with E-state index in [1.54, 1.807) is 11.9 Å². The van der Waals surface area contributed by atoms with Crippen LogP contribution in [-0.4, -0.2) is 50.4 Å². The van der Waals surface area contributed by atoms with Gasteiger partial charge in [-0.2, -0.15) is 5.10 Å². The number of amides is 1. The molecule has 1 atom stereocenters. The van der Waals surface area contributed by atoms with Gasteiger partial charge in [0, 0.05) is 26.2 Å². The highest BCUT2D eigenvalue weighted by Gasteiger charge is 2.27. The van der Waals surface area contributed by atoms with Crippen LogP contribution < -0.4 is 5.32 Å². The number of likely N-dealkylation sites (tertiary alicyclic amines) is 1. The molecule has 0 spiro atoms. The van der Waals surface area contributed by atoms with Crippen LogP contribution in [0.4, 0.5) is 16.3 Å². The van der Waals surface area contributed by atoms with Gasteiger partial charge >= 0.3 is 11.8 Å². The van der Waals surface area contributed by atoms with Crippen LogP contribution in [-0.2, 0) is 11.8 Å². The first-order valence-corrected chi connectivity index (χ1v) is 8.08. The number of hydrogen-bond donors (Lipinski definition) is 1. The molecule has 9 heteroatoms. The number of anilines is 1. The Kier molecular flexibility index (Phi) is 5.30. The predicted molar refractivity (Wildman–Crippen MR) is 88.9 cm³/mol. The predicted octanol–water partition coefficient (Wildman–Crippen LogP) is 2.53. The lowest BCUT2D eigenvalue weighted by atomic mass is 10.1. The Hall–Kier alpha value is -2.32. The fourth-order valence-electron chi connectivity index (χ4n) is 2.67. The van der Waals surface area contributed by atoms with E-state index in [1.165, 1.54) is 10.9 Å². The lowest BCUT2D eigenvalue weighted by Crippen LogP contribution is -2.37. The first kappa shape index (κ1) is 18.0. The molecule has 0 bridgehead atoms. The minimum Gasteiger partial charge on any atom is -0.444 e. The zero-order valence-electron chi connectivity index (χ0n) is 14.6. The van der Waals surface area contributed by atoms with E-state index in [0.717, 1.165) is 12.8 Å². The Balaban J connectivity index is 1.98. The summed E-state index contributed by atoms with van der Waals surface area (Å²) in [7, 11) is 1.67. The van der Waals surface area contributed by atoms with Crippen LogP contribution in [0.25, 0.3) is 0 Å². The Bertz CT molecular complexity index is 607. The summed E-state index contributed by atoms with van der Waals surface area (Å²) < 4.78 is 6.87. The van der Waals surface area contributed by atoms with Crippen molar-refractivity contribution in [2.45, 2.75) is 51.7 Å². The first-order valence-electron chi connectivity index (χ1n) is 8.08. The van der Waals surface area contributed by atoms with E-state index in [4.69, 9.17) is 4.74 Å². The van der Waals surface area contributed by atoms with Gasteiger partial charge < -0.3 is 15.0 Å². The largest absolute Gasteiger partial charge is 0.444 e. The van der Waals surface area contributed by atoms with Crippen LogP contribution in [0.5, 0.6) is 0 Å². The first-order chi connectivity index (χ1) is 11.2. The SMILES string of the molecule is Cn1ncc([N+](=O)[O-])c1NC1CCCN(C(=O)OC(C)(C)C)CC1. The molecule has 134 valence electrons. The van der Waals surface area contributed by atoms with Gasteiger partial charge in [0.1, 0.15) is 11.8 Å². The zero-order valence-corrected chi connectivity index (χ0v) is 14.6. The average molecular weight is 339 g/mol. The third kappa shape index (κ3) is 4.59. The smallest absolute Gasteiger partial charge is 0.410 e. The Morgan fingerprint density at radius 3 is 2.75 bits per heavy atom. The van der Waals surface area contributed by atoms with E-state index in [9.17, 15) is 14.9 Å². The number of nitrogens with one attached hydrogen (secondary N) is 1. The van der Waals surface area contributed by atoms with Crippen molar-refractivity contribution in [2.75, 3.05) is 18.4 Å². The molecule has 1 amide bonds. The lowest BCUT2D eigenvalue weighted by Gasteiger charge is -2.26. The summed E-state index contributed by atoms with van der Waals surface area (Å²) in [5, 5.41) is 18.2. The molecule has 1 aliphatic heterocycles. The highest BCUT2D eigenvalue weighted by molar-refractivity contribution is 5.68. The quantitative estimate of drug-likeness (QED) is 0.670. The third-order valence-electron chi connectivity index (χ3n) is 3.84. The number of hydrogen-bond acceptors (Lipinski definition) is 6. The number of carbonyl (C=O) groups excluding carboxylic acids is 1. The molecule has 0 aromatic carbocycles. The van der Waals surface area contributed by atoms with Crippen molar-refractivity contribution in [3.63, 3.8) is 0 Å². The van der Waals surface area contributed by atoms with E-state index in [0.29, 0.717) is 25.3 Å². The van der Waals surface area contributed by atoms with Gasteiger partial charge in [0.15, 0.2) is 0 Å². The van der Waals surface area contributed by atoms with Crippen LogP contribution in [0.15, 0.2) is 6.20 Å². The molecular weight excluding hydrogens is 314 g/mol. The summed E-state index contributed by atoms with van der Waals surface area (Å²) in [6, 6.07) is 0.0477. The van der Waals surface area contributed by atoms with Gasteiger partial charge in [-0.25, -0.2) is 9.48 Å². The molecule has 9 nitrogen and oxygen atoms in total. The fraction of sp³-hybridized carbons (Fsp3) is 0.733. The molecule has 2 rings (SSSR count). The van der Waals surface area contributed by atoms with Crippen LogP contribution >= 0.6 is 0 Å². The van der Waals surface area contributed by atoms with Crippen LogP contribution in [0.2, 0.25) is 0 Å². The maximum absolute atomic E-state index is 12.2. The minimum absolute atomic E-state index is 0.0363. The number of nitrogens with zero attached hydrogens (tertiary/aromatic N) is 4. The fourth-order valence-corrected chi connectivity index (χ4v) is 2.67. The average Bonchev–Trinajstić information content (AvgIpc) is 2.68. The second-order valence-electron chi connectivity index (χ2n) is 7.00. The second kappa shape index (κ2) is 7.06. The number of carbonyl (C=O) groups is 1. The molecule has 2 heterocycles. The summed E-state index contributed by atoms with van der Waals surface area (Å²) in [4.78, 5) is 24.5. The molecule has 1 aromatic rings. The van der Waals surface area contributed by atoms with E-state index < -0.39 is 10.5 Å². The summed E-state index contributed by atoms with van der Waals surface area (Å²) in [6.45, 7) is 6.71. The maximum Gasteiger partial charge on any atom is 0.410 e. The summed E-state index contributed by atoms with van der Waals surface area (Å²) in [5.41, 5.74) is -0.554. The van der Waals surface area contributed by atoms with Crippen LogP contribution in [0, 0.1) is 10.1 Å². The molecule has 1 saturated heterocycles. The molecule has 1 unspecified atom stereocenters. The van der Waals surface area contributed by atoms with Crippen LogP contribution in [0.3, 0.4) is 0 Å². The lowest BCUT2D eigenvalue weighted by molar-refractivity contribution is -0.384. The molecule has 1 aliphatic rings. The van der Waals surface area contributed by atoms with Crippen LogP contribution in [0.1, 0.15) is 40.0 Å². The molecule has 1 fully saturated rings. The monoisotopic (exact) mass is 339 g/mol. The molecule has 1 aromatic heterocycles. The van der Waals surface area contributed by atoms with Gasteiger partial charge in [0.05, 0.1) is 4.92 Å². The van der Waals surface area contributed by atoms with Gasteiger partial charge in [0.25, 0.3) is 0 Å². The Morgan fingerprint density at radius 2 is 2.12 bits per heavy atom. The number of rotatable bonds is 3. The van der Waals surface area contributed by atoms with Crippen molar-refractivity contribution in [3.8, 4) is 0 Å². The molecule has 0 radical (unpaired) electrons. The van der Waals surface area contributed by atoms with Gasteiger partial charge in [-0.1, -0.05) is 0 Å². The molecule has 1 N–H and O–H groups in total. The van der Waals surface area contributed by atoms with E-state index in [2.05, 4.69) is 10.4 Å². The summed E-state index contributed by atoms with van der Waals surface area (Å²) in [5.74, 6) is 0.399. The molecule has 0 aliphatic carbocycles. The summed E-state index contributed by atoms with van der Waals surface area (Å²) >= 11 is 0. The number of aromatic nitrogens is 2. The standard InChI is InChI=1S/C15H25N5O4/c1-15(2,3)24-14(21)19-8-5-6-11(7-9-19)17-13-12(20(22)23)10-16-18(13)4/h10-11,17H,5-9H2,1-4H3. The van der Waals surface area contributed by atoms with Gasteiger partial charge in [0.2, 0.25) is 5.82 Å². The third-order valence-corrected chi connectivity index (χ3v) is 3.84. The number of nitro groups is 1. The highest BCUT2D eigenvalue weighted by atomic mass is 16.6. The van der Waals surface area contributed by atoms with Gasteiger partial charge in [-0.05, 0) is 40.0 Å². The topological polar surface area (TPSA) is 103 Å². The Morgan fingerprint density at radius 1 is 1.42 bits per heavy atom. The normalized spacial score (nSPS) is 18.8. The highest BCUT2D eigenvalue weighted by Crippen LogP contribution is 2.26. The van der Waals surface area contributed by atoms with Crippen molar-refractivity contribution < 1.29 is 14.5 Å². The van der Waals surface area contributed by atoms with Crippen molar-refractivity contribution in [1.29, 1.82) is 0 Å². The van der Waals surface area contributed by atoms with E-state index >= 15 is 0 Å². The van der Waals surface area contributed by atoms with Crippen molar-refractivity contribution in [3.05, 3.63) is 16.3 Å². The zero-order chi connectivity index (χ0) is 17.9. The van der Waals surface area contributed by atoms with E-state index in [-0.39, 0.29) is 17.8 Å².